The van der Waals surface area contributed by atoms with Gasteiger partial charge in [-0.3, -0.25) is 9.80 Å². The first-order valence-corrected chi connectivity index (χ1v) is 11.2. The summed E-state index contributed by atoms with van der Waals surface area (Å²) in [4.78, 5) is 5.35. The Bertz CT molecular complexity index is 763. The van der Waals surface area contributed by atoms with Crippen LogP contribution in [0.15, 0.2) is 54.6 Å². The van der Waals surface area contributed by atoms with Gasteiger partial charge in [-0.2, -0.15) is 0 Å². The van der Waals surface area contributed by atoms with Crippen molar-refractivity contribution in [2.75, 3.05) is 33.3 Å². The first-order valence-electron chi connectivity index (χ1n) is 11.2. The number of methoxy groups -OCH3 is 1. The number of piperazine rings is 1. The zero-order valence-electron chi connectivity index (χ0n) is 17.9. The number of hydrogen-bond donors (Lipinski definition) is 0. The Kier molecular flexibility index (Phi) is 6.56. The highest BCUT2D eigenvalue weighted by molar-refractivity contribution is 5.38. The van der Waals surface area contributed by atoms with Crippen LogP contribution in [-0.4, -0.2) is 49.1 Å². The number of para-hydroxylation sites is 1. The minimum atomic E-state index is -0.283. The smallest absolute Gasteiger partial charge is 0.122 e. The van der Waals surface area contributed by atoms with Gasteiger partial charge in [0.15, 0.2) is 0 Å². The van der Waals surface area contributed by atoms with Crippen molar-refractivity contribution >= 4 is 0 Å². The topological polar surface area (TPSA) is 15.7 Å². The van der Waals surface area contributed by atoms with Crippen LogP contribution in [0.2, 0.25) is 0 Å². The van der Waals surface area contributed by atoms with E-state index >= 15 is 0 Å². The molecule has 2 aromatic rings. The van der Waals surface area contributed by atoms with Crippen LogP contribution in [0.1, 0.15) is 43.2 Å². The minimum Gasteiger partial charge on any atom is -0.496 e. The molecule has 1 saturated heterocycles. The molecule has 1 radical (unpaired) electrons. The van der Waals surface area contributed by atoms with Gasteiger partial charge >= 0.3 is 0 Å². The predicted molar refractivity (Wildman–Crippen MR) is 120 cm³/mol. The molecule has 1 aliphatic heterocycles. The molecule has 1 unspecified atom stereocenters. The molecule has 1 aliphatic carbocycles. The Morgan fingerprint density at radius 3 is 2.24 bits per heavy atom. The van der Waals surface area contributed by atoms with Crippen LogP contribution in [0.4, 0.5) is 0 Å². The van der Waals surface area contributed by atoms with E-state index in [1.54, 1.807) is 7.11 Å². The summed E-state index contributed by atoms with van der Waals surface area (Å²) < 4.78 is 5.66. The molecular formula is C26H35N2O. The Morgan fingerprint density at radius 2 is 1.55 bits per heavy atom. The van der Waals surface area contributed by atoms with Gasteiger partial charge in [-0.25, -0.2) is 0 Å². The third-order valence-corrected chi connectivity index (χ3v) is 7.00. The molecule has 1 saturated carbocycles. The zero-order valence-corrected chi connectivity index (χ0v) is 17.9. The summed E-state index contributed by atoms with van der Waals surface area (Å²) >= 11 is 0. The van der Waals surface area contributed by atoms with Crippen LogP contribution in [0.25, 0.3) is 0 Å². The molecule has 0 amide bonds. The molecule has 4 rings (SSSR count). The average Bonchev–Trinajstić information content (AvgIpc) is 2.80. The molecule has 1 heterocycles. The molecule has 155 valence electrons. The molecule has 2 fully saturated rings. The molecule has 3 heteroatoms. The van der Waals surface area contributed by atoms with Gasteiger partial charge in [0.1, 0.15) is 5.75 Å². The quantitative estimate of drug-likeness (QED) is 0.695. The van der Waals surface area contributed by atoms with Crippen LogP contribution in [-0.2, 0) is 12.0 Å². The van der Waals surface area contributed by atoms with E-state index in [0.29, 0.717) is 0 Å². The third-order valence-electron chi connectivity index (χ3n) is 7.00. The summed E-state index contributed by atoms with van der Waals surface area (Å²) in [5.41, 5.74) is 2.23. The SMILES string of the molecule is [CH2]C(Cc1ccccc1OC)(c1ccccc1)N1CCN(C2CCCCC2)CC1. The van der Waals surface area contributed by atoms with Crippen molar-refractivity contribution in [1.82, 2.24) is 9.80 Å². The first kappa shape index (κ1) is 20.4. The highest BCUT2D eigenvalue weighted by atomic mass is 16.5. The summed E-state index contributed by atoms with van der Waals surface area (Å²) in [6.07, 6.45) is 7.85. The van der Waals surface area contributed by atoms with Crippen LogP contribution >= 0.6 is 0 Å². The molecule has 3 nitrogen and oxygen atoms in total. The van der Waals surface area contributed by atoms with Gasteiger partial charge in [0, 0.05) is 32.2 Å². The largest absolute Gasteiger partial charge is 0.496 e. The lowest BCUT2D eigenvalue weighted by molar-refractivity contribution is 0.0275. The van der Waals surface area contributed by atoms with E-state index in [-0.39, 0.29) is 5.54 Å². The van der Waals surface area contributed by atoms with E-state index in [9.17, 15) is 0 Å². The maximum absolute atomic E-state index is 5.66. The molecule has 0 aromatic heterocycles. The van der Waals surface area contributed by atoms with Crippen molar-refractivity contribution < 1.29 is 4.74 Å². The highest BCUT2D eigenvalue weighted by Crippen LogP contribution is 2.36. The summed E-state index contributed by atoms with van der Waals surface area (Å²) in [5, 5.41) is 0. The second-order valence-corrected chi connectivity index (χ2v) is 8.70. The van der Waals surface area contributed by atoms with Crippen LogP contribution in [0.3, 0.4) is 0 Å². The molecule has 1 atom stereocenters. The second kappa shape index (κ2) is 9.32. The lowest BCUT2D eigenvalue weighted by Gasteiger charge is -2.48. The normalized spacial score (nSPS) is 21.6. The van der Waals surface area contributed by atoms with Crippen LogP contribution in [0.5, 0.6) is 5.75 Å². The summed E-state index contributed by atoms with van der Waals surface area (Å²) in [6.45, 7) is 9.28. The van der Waals surface area contributed by atoms with Crippen LogP contribution in [0, 0.1) is 6.92 Å². The van der Waals surface area contributed by atoms with Crippen molar-refractivity contribution in [2.24, 2.45) is 0 Å². The van der Waals surface area contributed by atoms with E-state index in [4.69, 9.17) is 11.7 Å². The van der Waals surface area contributed by atoms with E-state index in [1.165, 1.54) is 43.2 Å². The van der Waals surface area contributed by atoms with Gasteiger partial charge in [-0.05, 0) is 43.4 Å². The van der Waals surface area contributed by atoms with Gasteiger partial charge in [0.25, 0.3) is 0 Å². The van der Waals surface area contributed by atoms with E-state index in [2.05, 4.69) is 58.3 Å². The first-order chi connectivity index (χ1) is 14.2. The van der Waals surface area contributed by atoms with Gasteiger partial charge in [-0.15, -0.1) is 0 Å². The van der Waals surface area contributed by atoms with Crippen molar-refractivity contribution in [2.45, 2.75) is 50.1 Å². The molecule has 2 aliphatic rings. The molecule has 2 aromatic carbocycles. The lowest BCUT2D eigenvalue weighted by atomic mass is 9.83. The van der Waals surface area contributed by atoms with E-state index < -0.39 is 0 Å². The van der Waals surface area contributed by atoms with Gasteiger partial charge in [-0.1, -0.05) is 67.8 Å². The maximum Gasteiger partial charge on any atom is 0.122 e. The van der Waals surface area contributed by atoms with Gasteiger partial charge in [0.05, 0.1) is 12.6 Å². The van der Waals surface area contributed by atoms with Crippen molar-refractivity contribution in [3.05, 3.63) is 72.6 Å². The number of hydrogen-bond acceptors (Lipinski definition) is 3. The Hall–Kier alpha value is -1.84. The third kappa shape index (κ3) is 4.51. The summed E-state index contributed by atoms with van der Waals surface area (Å²) in [5.74, 6) is 0.956. The molecule has 0 bridgehead atoms. The minimum absolute atomic E-state index is 0.283. The summed E-state index contributed by atoms with van der Waals surface area (Å²) in [6, 6.07) is 20.0. The van der Waals surface area contributed by atoms with Crippen molar-refractivity contribution in [3.8, 4) is 5.75 Å². The second-order valence-electron chi connectivity index (χ2n) is 8.70. The number of rotatable bonds is 6. The van der Waals surface area contributed by atoms with Crippen molar-refractivity contribution in [3.63, 3.8) is 0 Å². The fourth-order valence-corrected chi connectivity index (χ4v) is 5.27. The van der Waals surface area contributed by atoms with E-state index in [1.807, 2.05) is 6.07 Å². The fraction of sp³-hybridized carbons (Fsp3) is 0.500. The monoisotopic (exact) mass is 391 g/mol. The summed E-state index contributed by atoms with van der Waals surface area (Å²) in [7, 11) is 1.76. The van der Waals surface area contributed by atoms with Gasteiger partial charge in [0.2, 0.25) is 0 Å². The molecule has 29 heavy (non-hydrogen) atoms. The highest BCUT2D eigenvalue weighted by Gasteiger charge is 2.37. The fourth-order valence-electron chi connectivity index (χ4n) is 5.27. The standard InChI is InChI=1S/C26H35N2O/c1-26(23-12-5-3-6-13-23,21-22-11-9-10-16-25(22)29-2)28-19-17-27(18-20-28)24-14-7-4-8-15-24/h3,5-6,9-13,16,24H,1,4,7-8,14-15,17-21H2,2H3. The van der Waals surface area contributed by atoms with Gasteiger partial charge < -0.3 is 4.74 Å². The van der Waals surface area contributed by atoms with E-state index in [0.717, 1.165) is 44.4 Å². The Balaban J connectivity index is 1.55. The Labute approximate surface area is 176 Å². The molecular weight excluding hydrogens is 356 g/mol. The molecule has 0 N–H and O–H groups in total. The number of benzene rings is 2. The average molecular weight is 392 g/mol. The number of ether oxygens (including phenoxy) is 1. The zero-order chi connectivity index (χ0) is 20.1. The van der Waals surface area contributed by atoms with Crippen molar-refractivity contribution in [1.29, 1.82) is 0 Å². The predicted octanol–water partition coefficient (Wildman–Crippen LogP) is 4.92. The lowest BCUT2D eigenvalue weighted by Crippen LogP contribution is -2.57. The Morgan fingerprint density at radius 1 is 0.897 bits per heavy atom. The molecule has 0 spiro atoms. The van der Waals surface area contributed by atoms with Crippen LogP contribution < -0.4 is 4.74 Å². The number of nitrogens with zero attached hydrogens (tertiary/aromatic N) is 2. The maximum atomic E-state index is 5.66.